The van der Waals surface area contributed by atoms with Crippen molar-refractivity contribution in [1.82, 2.24) is 0 Å². The Bertz CT molecular complexity index is 2110. The summed E-state index contributed by atoms with van der Waals surface area (Å²) in [7, 11) is 0.105. The lowest BCUT2D eigenvalue weighted by molar-refractivity contribution is 0.102. The first-order valence-electron chi connectivity index (χ1n) is 14.9. The molecule has 5 aromatic rings. The van der Waals surface area contributed by atoms with Gasteiger partial charge in [0.25, 0.3) is 0 Å². The molecule has 5 rings (SSSR count). The van der Waals surface area contributed by atoms with Crippen molar-refractivity contribution >= 4 is 44.7 Å². The second-order valence-electron chi connectivity index (χ2n) is 11.9. The van der Waals surface area contributed by atoms with Gasteiger partial charge < -0.3 is 0 Å². The summed E-state index contributed by atoms with van der Waals surface area (Å²) in [6, 6.07) is 5.70. The minimum atomic E-state index is -7.22. The minimum Gasteiger partial charge on any atom is -0.289 e. The summed E-state index contributed by atoms with van der Waals surface area (Å²) < 4.78 is 306. The highest BCUT2D eigenvalue weighted by molar-refractivity contribution is 7.96. The number of ketones is 1. The lowest BCUT2D eigenvalue weighted by Crippen LogP contribution is -2.81. The van der Waals surface area contributed by atoms with Crippen molar-refractivity contribution in [3.8, 4) is 0 Å². The Morgan fingerprint density at radius 3 is 0.741 bits per heavy atom. The van der Waals surface area contributed by atoms with Crippen LogP contribution in [-0.2, 0) is 10.9 Å². The quantitative estimate of drug-likeness (QED) is 0.0409. The molecule has 0 saturated carbocycles. The summed E-state index contributed by atoms with van der Waals surface area (Å²) >= 11 is 0. The number of halogens is 21. The molecule has 0 aromatic heterocycles. The summed E-state index contributed by atoms with van der Waals surface area (Å²) in [5, 5.41) is 0. The molecule has 5 aromatic carbocycles. The van der Waals surface area contributed by atoms with Crippen molar-refractivity contribution in [2.24, 2.45) is 0 Å². The molecule has 0 amide bonds. The zero-order valence-corrected chi connectivity index (χ0v) is 28.7. The molecule has 0 saturated heterocycles. The molecule has 0 radical (unpaired) electrons. The van der Waals surface area contributed by atoms with E-state index >= 15 is 35.1 Å². The van der Waals surface area contributed by atoms with Crippen molar-refractivity contribution < 1.29 is 97.0 Å². The van der Waals surface area contributed by atoms with Crippen molar-refractivity contribution in [3.63, 3.8) is 0 Å². The summed E-state index contributed by atoms with van der Waals surface area (Å²) in [5.41, 5.74) is -13.7. The summed E-state index contributed by atoms with van der Waals surface area (Å²) in [6.07, 6.45) is -3.19. The maximum absolute atomic E-state index is 15.4. The molecule has 1 nitrogen and oxygen atoms in total. The van der Waals surface area contributed by atoms with Gasteiger partial charge in [0.1, 0.15) is 58.5 Å². The molecule has 0 aliphatic rings. The van der Waals surface area contributed by atoms with Gasteiger partial charge in [0.2, 0.25) is 5.78 Å². The molecule has 24 heteroatoms. The summed E-state index contributed by atoms with van der Waals surface area (Å²) in [4.78, 5) is 11.5. The number of carbonyl (C=O) groups is 1. The Morgan fingerprint density at radius 2 is 0.552 bits per heavy atom. The molecule has 310 valence electrons. The van der Waals surface area contributed by atoms with Crippen LogP contribution in [0.3, 0.4) is 0 Å². The Labute approximate surface area is 312 Å². The van der Waals surface area contributed by atoms with Crippen molar-refractivity contribution in [2.45, 2.75) is 0 Å². The monoisotopic (exact) mass is 878 g/mol. The van der Waals surface area contributed by atoms with E-state index in [0.29, 0.717) is 11.3 Å². The first-order chi connectivity index (χ1) is 26.8. The molecular weight excluding hydrogens is 866 g/mol. The fourth-order valence-corrected chi connectivity index (χ4v) is 6.55. The molecule has 0 aliphatic heterocycles. The van der Waals surface area contributed by atoms with Gasteiger partial charge in [-0.05, 0) is 35.2 Å². The third kappa shape index (κ3) is 7.12. The van der Waals surface area contributed by atoms with Crippen LogP contribution in [0.4, 0.5) is 92.2 Å². The number of hydrogen-bond acceptors (Lipinski definition) is 1. The van der Waals surface area contributed by atoms with Crippen LogP contribution in [0.5, 0.6) is 0 Å². The van der Waals surface area contributed by atoms with E-state index in [4.69, 9.17) is 0 Å². The van der Waals surface area contributed by atoms with E-state index in [0.717, 1.165) is 0 Å². The zero-order valence-electron chi connectivity index (χ0n) is 27.8. The molecule has 0 aliphatic carbocycles. The van der Waals surface area contributed by atoms with E-state index in [-0.39, 0.29) is 22.5 Å². The molecule has 0 N–H and O–H groups in total. The second kappa shape index (κ2) is 16.5. The van der Waals surface area contributed by atoms with Gasteiger partial charge in [-0.25, -0.2) is 92.2 Å². The lowest BCUT2D eigenvalue weighted by Gasteiger charge is -2.44. The maximum Gasteiger partial charge on any atom is 0.211 e. The standard InChI is InChI=1S/C24BF20.C10H12FOS/c26-5-1(6(27)14(35)21(42)13(5)34)25(2-7(28)15(36)22(43)16(37)8(2)29,3-9(30)17(38)23(44)18(39)10(3)31)4-11(32)19(40)24(45)20(41)12(4)33;1-13(2)7-10(12)8-3-5-9(11)6-4-8/h;3-6H,7H2,1-2H3/q-1;+1. The van der Waals surface area contributed by atoms with Gasteiger partial charge in [0.05, 0.1) is 12.5 Å². The van der Waals surface area contributed by atoms with Gasteiger partial charge in [0, 0.05) is 5.56 Å². The molecule has 0 spiro atoms. The number of Topliss-reactive ketones (excluding diaryl/α,β-unsaturated/α-hetero) is 1. The van der Waals surface area contributed by atoms with Gasteiger partial charge in [-0.1, -0.05) is 0 Å². The Balaban J connectivity index is 0.000000486. The van der Waals surface area contributed by atoms with Gasteiger partial charge in [-0.3, -0.25) is 4.79 Å². The Hall–Kier alpha value is -5.29. The zero-order chi connectivity index (χ0) is 44.2. The number of rotatable bonds is 7. The van der Waals surface area contributed by atoms with E-state index in [1.54, 1.807) is 0 Å². The van der Waals surface area contributed by atoms with Crippen LogP contribution in [0, 0.1) is 122 Å². The van der Waals surface area contributed by atoms with Crippen LogP contribution in [0.1, 0.15) is 10.4 Å². The Morgan fingerprint density at radius 1 is 0.362 bits per heavy atom. The average Bonchev–Trinajstić information content (AvgIpc) is 3.18. The first-order valence-corrected chi connectivity index (χ1v) is 17.1. The largest absolute Gasteiger partial charge is 0.289 e. The number of benzene rings is 5. The molecular formula is C34H12BF21OS. The highest BCUT2D eigenvalue weighted by Crippen LogP contribution is 2.30. The van der Waals surface area contributed by atoms with E-state index in [2.05, 4.69) is 0 Å². The van der Waals surface area contributed by atoms with E-state index < -0.39 is 144 Å². The van der Waals surface area contributed by atoms with Gasteiger partial charge in [-0.15, -0.1) is 21.9 Å². The minimum absolute atomic E-state index is 0.0910. The lowest BCUT2D eigenvalue weighted by atomic mass is 9.12. The summed E-state index contributed by atoms with van der Waals surface area (Å²) in [5.74, 6) is -71.1. The van der Waals surface area contributed by atoms with E-state index in [9.17, 15) is 61.9 Å². The third-order valence-corrected chi connectivity index (χ3v) is 9.13. The highest BCUT2D eigenvalue weighted by Gasteiger charge is 2.52. The molecule has 0 atom stereocenters. The normalized spacial score (nSPS) is 11.7. The predicted molar refractivity (Wildman–Crippen MR) is 164 cm³/mol. The van der Waals surface area contributed by atoms with Crippen LogP contribution in [0.15, 0.2) is 24.3 Å². The average molecular weight is 878 g/mol. The topological polar surface area (TPSA) is 17.1 Å². The van der Waals surface area contributed by atoms with Crippen LogP contribution < -0.4 is 21.9 Å². The van der Waals surface area contributed by atoms with Crippen LogP contribution in [-0.4, -0.2) is 30.2 Å². The predicted octanol–water partition coefficient (Wildman–Crippen LogP) is 7.73. The second-order valence-corrected chi connectivity index (χ2v) is 14.1. The highest BCUT2D eigenvalue weighted by atomic mass is 32.2. The molecule has 0 unspecified atom stereocenters. The van der Waals surface area contributed by atoms with Crippen LogP contribution in [0.25, 0.3) is 0 Å². The first kappa shape index (κ1) is 45.4. The van der Waals surface area contributed by atoms with Gasteiger partial charge in [0.15, 0.2) is 75.6 Å². The Kier molecular flexibility index (Phi) is 12.9. The van der Waals surface area contributed by atoms with Crippen molar-refractivity contribution in [2.75, 3.05) is 18.3 Å². The number of carbonyl (C=O) groups excluding carboxylic acids is 1. The van der Waals surface area contributed by atoms with E-state index in [1.165, 1.54) is 24.3 Å². The van der Waals surface area contributed by atoms with Crippen molar-refractivity contribution in [3.05, 3.63) is 152 Å². The van der Waals surface area contributed by atoms with E-state index in [1.807, 2.05) is 12.5 Å². The molecule has 0 fully saturated rings. The van der Waals surface area contributed by atoms with Crippen LogP contribution in [0.2, 0.25) is 0 Å². The summed E-state index contributed by atoms with van der Waals surface area (Å²) in [6.45, 7) is 0. The SMILES string of the molecule is C[S+](C)CC(=O)c1ccc(F)cc1.Fc1c(F)c(F)c([B-](c2c(F)c(F)c(F)c(F)c2F)(c2c(F)c(F)c(F)c(F)c2F)c2c(F)c(F)c(F)c(F)c2F)c(F)c1F. The van der Waals surface area contributed by atoms with Gasteiger partial charge in [-0.2, -0.15) is 0 Å². The number of hydrogen-bond donors (Lipinski definition) is 0. The third-order valence-electron chi connectivity index (χ3n) is 8.29. The fourth-order valence-electron chi connectivity index (χ4n) is 5.86. The molecule has 0 bridgehead atoms. The van der Waals surface area contributed by atoms with Gasteiger partial charge >= 0.3 is 0 Å². The smallest absolute Gasteiger partial charge is 0.211 e. The molecule has 0 heterocycles. The molecule has 58 heavy (non-hydrogen) atoms. The van der Waals surface area contributed by atoms with Crippen molar-refractivity contribution in [1.29, 1.82) is 0 Å². The van der Waals surface area contributed by atoms with Crippen LogP contribution >= 0.6 is 0 Å². The maximum atomic E-state index is 15.4. The fraction of sp³-hybridized carbons (Fsp3) is 0.0882.